The van der Waals surface area contributed by atoms with Crippen LogP contribution >= 0.6 is 0 Å². The van der Waals surface area contributed by atoms with Crippen LogP contribution in [0.1, 0.15) is 32.1 Å². The maximum atomic E-state index is 3.84. The van der Waals surface area contributed by atoms with Gasteiger partial charge in [0.25, 0.3) is 0 Å². The van der Waals surface area contributed by atoms with Gasteiger partial charge in [-0.2, -0.15) is 10.2 Å². The van der Waals surface area contributed by atoms with Crippen molar-refractivity contribution in [3.8, 4) is 0 Å². The molecule has 0 aromatic heterocycles. The minimum absolute atomic E-state index is 0.805. The van der Waals surface area contributed by atoms with Crippen LogP contribution in [0.3, 0.4) is 0 Å². The molecule has 0 fully saturated rings. The highest BCUT2D eigenvalue weighted by Gasteiger charge is 1.90. The van der Waals surface area contributed by atoms with Crippen LogP contribution in [0.2, 0.25) is 0 Å². The first kappa shape index (κ1) is 8.30. The molecule has 0 amide bonds. The molecule has 0 bridgehead atoms. The summed E-state index contributed by atoms with van der Waals surface area (Å²) in [6, 6.07) is 0. The van der Waals surface area contributed by atoms with E-state index in [1.807, 2.05) is 0 Å². The first-order valence-electron chi connectivity index (χ1n) is 4.23. The summed E-state index contributed by atoms with van der Waals surface area (Å²) in [5.41, 5.74) is 0. The first-order valence-corrected chi connectivity index (χ1v) is 4.23. The molecule has 0 radical (unpaired) electrons. The Balaban J connectivity index is 2.22. The van der Waals surface area contributed by atoms with Gasteiger partial charge >= 0.3 is 0 Å². The van der Waals surface area contributed by atoms with Crippen LogP contribution in [0.4, 0.5) is 0 Å². The van der Waals surface area contributed by atoms with Gasteiger partial charge in [-0.05, 0) is 23.3 Å². The molecule has 4 heteroatoms. The fourth-order valence-corrected chi connectivity index (χ4v) is 1.04. The largest absolute Gasteiger partial charge is 0.167 e. The first-order chi connectivity index (χ1) is 5.50. The maximum absolute atomic E-state index is 3.84. The van der Waals surface area contributed by atoms with Crippen LogP contribution in [-0.2, 0) is 0 Å². The third-order valence-electron chi connectivity index (χ3n) is 1.68. The molecule has 11 heavy (non-hydrogen) atoms. The van der Waals surface area contributed by atoms with Crippen LogP contribution in [0.5, 0.6) is 0 Å². The van der Waals surface area contributed by atoms with E-state index in [1.165, 1.54) is 19.3 Å². The highest BCUT2D eigenvalue weighted by Crippen LogP contribution is 2.04. The summed E-state index contributed by atoms with van der Waals surface area (Å²) in [6.07, 6.45) is 6.10. The normalized spacial score (nSPS) is 21.1. The highest BCUT2D eigenvalue weighted by molar-refractivity contribution is 4.48. The van der Waals surface area contributed by atoms with E-state index in [9.17, 15) is 0 Å². The molecule has 0 spiro atoms. The summed E-state index contributed by atoms with van der Waals surface area (Å²) in [6.45, 7) is 1.61. The van der Waals surface area contributed by atoms with Gasteiger partial charge in [0, 0.05) is 0 Å². The molecule has 4 nitrogen and oxygen atoms in total. The number of hydrogen-bond acceptors (Lipinski definition) is 4. The Labute approximate surface area is 66.8 Å². The molecule has 0 aromatic rings. The van der Waals surface area contributed by atoms with Crippen molar-refractivity contribution in [1.82, 2.24) is 0 Å². The molecule has 0 saturated carbocycles. The van der Waals surface area contributed by atoms with Crippen molar-refractivity contribution >= 4 is 0 Å². The van der Waals surface area contributed by atoms with Gasteiger partial charge in [0.15, 0.2) is 0 Å². The van der Waals surface area contributed by atoms with Gasteiger partial charge in [-0.3, -0.25) is 0 Å². The van der Waals surface area contributed by atoms with E-state index in [0.717, 1.165) is 25.9 Å². The summed E-state index contributed by atoms with van der Waals surface area (Å²) in [5, 5.41) is 14.8. The minimum Gasteiger partial charge on any atom is -0.167 e. The van der Waals surface area contributed by atoms with Gasteiger partial charge in [0.2, 0.25) is 0 Å². The van der Waals surface area contributed by atoms with Crippen molar-refractivity contribution < 1.29 is 0 Å². The van der Waals surface area contributed by atoms with E-state index in [0.29, 0.717) is 0 Å². The number of nitrogens with zero attached hydrogens (tertiary/aromatic N) is 4. The van der Waals surface area contributed by atoms with Crippen LogP contribution in [0.15, 0.2) is 20.7 Å². The predicted molar refractivity (Wildman–Crippen MR) is 42.5 cm³/mol. The van der Waals surface area contributed by atoms with Gasteiger partial charge in [0.05, 0.1) is 13.1 Å². The maximum Gasteiger partial charge on any atom is 0.0621 e. The third kappa shape index (κ3) is 4.58. The Morgan fingerprint density at radius 3 is 1.55 bits per heavy atom. The standard InChI is InChI=1S/C7H14N4/c1-2-4-6-8-10-11-9-7-5-3-1/h1-7H2. The molecule has 1 aliphatic rings. The van der Waals surface area contributed by atoms with Crippen molar-refractivity contribution in [1.29, 1.82) is 0 Å². The number of rotatable bonds is 0. The van der Waals surface area contributed by atoms with Crippen LogP contribution in [-0.4, -0.2) is 13.1 Å². The van der Waals surface area contributed by atoms with Crippen molar-refractivity contribution in [3.05, 3.63) is 0 Å². The Morgan fingerprint density at radius 1 is 0.545 bits per heavy atom. The Hall–Kier alpha value is -0.800. The average molecular weight is 154 g/mol. The zero-order valence-corrected chi connectivity index (χ0v) is 6.74. The van der Waals surface area contributed by atoms with Gasteiger partial charge in [-0.1, -0.05) is 19.3 Å². The van der Waals surface area contributed by atoms with E-state index in [1.54, 1.807) is 0 Å². The molecular formula is C7H14N4. The molecule has 1 aliphatic heterocycles. The van der Waals surface area contributed by atoms with E-state index in [4.69, 9.17) is 0 Å². The van der Waals surface area contributed by atoms with E-state index >= 15 is 0 Å². The summed E-state index contributed by atoms with van der Waals surface area (Å²) in [5.74, 6) is 0. The van der Waals surface area contributed by atoms with Crippen LogP contribution in [0.25, 0.3) is 0 Å². The van der Waals surface area contributed by atoms with Crippen molar-refractivity contribution in [2.75, 3.05) is 13.1 Å². The molecule has 0 saturated heterocycles. The SMILES string of the molecule is C1CCCN=NN=NCCC1. The lowest BCUT2D eigenvalue weighted by Gasteiger charge is -1.95. The second kappa shape index (κ2) is 5.95. The van der Waals surface area contributed by atoms with Crippen molar-refractivity contribution in [2.45, 2.75) is 32.1 Å². The van der Waals surface area contributed by atoms with Gasteiger partial charge in [-0.15, -0.1) is 0 Å². The summed E-state index contributed by atoms with van der Waals surface area (Å²) >= 11 is 0. The lowest BCUT2D eigenvalue weighted by Crippen LogP contribution is -1.83. The zero-order chi connectivity index (χ0) is 7.78. The topological polar surface area (TPSA) is 49.4 Å². The van der Waals surface area contributed by atoms with Crippen LogP contribution < -0.4 is 0 Å². The van der Waals surface area contributed by atoms with E-state index in [2.05, 4.69) is 20.7 Å². The molecule has 1 heterocycles. The van der Waals surface area contributed by atoms with Crippen molar-refractivity contribution in [2.24, 2.45) is 20.7 Å². The molecule has 1 rings (SSSR count). The van der Waals surface area contributed by atoms with Crippen molar-refractivity contribution in [3.63, 3.8) is 0 Å². The molecule has 0 aliphatic carbocycles. The predicted octanol–water partition coefficient (Wildman–Crippen LogP) is 2.77. The lowest BCUT2D eigenvalue weighted by atomic mass is 10.1. The van der Waals surface area contributed by atoms with Gasteiger partial charge in [0.1, 0.15) is 0 Å². The molecule has 0 unspecified atom stereocenters. The number of hydrogen-bond donors (Lipinski definition) is 0. The lowest BCUT2D eigenvalue weighted by molar-refractivity contribution is 0.623. The van der Waals surface area contributed by atoms with Crippen LogP contribution in [0, 0.1) is 0 Å². The summed E-state index contributed by atoms with van der Waals surface area (Å²) < 4.78 is 0. The molecule has 0 atom stereocenters. The Morgan fingerprint density at radius 2 is 1.00 bits per heavy atom. The Bertz CT molecular complexity index is 125. The van der Waals surface area contributed by atoms with E-state index in [-0.39, 0.29) is 0 Å². The van der Waals surface area contributed by atoms with Gasteiger partial charge in [-0.25, -0.2) is 0 Å². The fraction of sp³-hybridized carbons (Fsp3) is 1.00. The Kier molecular flexibility index (Phi) is 4.49. The third-order valence-corrected chi connectivity index (χ3v) is 1.68. The monoisotopic (exact) mass is 154 g/mol. The second-order valence-electron chi connectivity index (χ2n) is 2.68. The molecule has 62 valence electrons. The molecule has 0 N–H and O–H groups in total. The minimum atomic E-state index is 0.805. The summed E-state index contributed by atoms with van der Waals surface area (Å²) in [7, 11) is 0. The second-order valence-corrected chi connectivity index (χ2v) is 2.68. The van der Waals surface area contributed by atoms with E-state index < -0.39 is 0 Å². The highest BCUT2D eigenvalue weighted by atomic mass is 15.5. The molecular weight excluding hydrogens is 140 g/mol. The smallest absolute Gasteiger partial charge is 0.0621 e. The summed E-state index contributed by atoms with van der Waals surface area (Å²) in [4.78, 5) is 0. The van der Waals surface area contributed by atoms with Gasteiger partial charge < -0.3 is 0 Å². The molecule has 0 aromatic carbocycles. The average Bonchev–Trinajstić information content (AvgIpc) is 2.08. The quantitative estimate of drug-likeness (QED) is 0.515. The fourth-order valence-electron chi connectivity index (χ4n) is 1.04. The zero-order valence-electron chi connectivity index (χ0n) is 6.74.